The summed E-state index contributed by atoms with van der Waals surface area (Å²) in [5.41, 5.74) is 1.12. The van der Waals surface area contributed by atoms with Gasteiger partial charge < -0.3 is 19.1 Å². The zero-order valence-electron chi connectivity index (χ0n) is 12.5. The SMILES string of the molecule is COc1ccc(OCC(O)Cn2ccc3ccccc32)cc1. The Hall–Kier alpha value is -2.46. The summed E-state index contributed by atoms with van der Waals surface area (Å²) in [6, 6.07) is 17.5. The van der Waals surface area contributed by atoms with Crippen molar-refractivity contribution >= 4 is 10.9 Å². The number of fused-ring (bicyclic) bond motifs is 1. The van der Waals surface area contributed by atoms with Crippen molar-refractivity contribution in [3.8, 4) is 11.5 Å². The number of aliphatic hydroxyl groups is 1. The molecule has 0 spiro atoms. The number of ether oxygens (including phenoxy) is 2. The smallest absolute Gasteiger partial charge is 0.119 e. The Morgan fingerprint density at radius 2 is 1.73 bits per heavy atom. The summed E-state index contributed by atoms with van der Waals surface area (Å²) in [5, 5.41) is 11.3. The summed E-state index contributed by atoms with van der Waals surface area (Å²) < 4.78 is 12.7. The quantitative estimate of drug-likeness (QED) is 0.760. The first-order chi connectivity index (χ1) is 10.8. The van der Waals surface area contributed by atoms with Crippen LogP contribution in [0.3, 0.4) is 0 Å². The Morgan fingerprint density at radius 3 is 2.50 bits per heavy atom. The van der Waals surface area contributed by atoms with Crippen LogP contribution in [0, 0.1) is 0 Å². The molecule has 1 unspecified atom stereocenters. The Kier molecular flexibility index (Phi) is 4.30. The van der Waals surface area contributed by atoms with Crippen molar-refractivity contribution < 1.29 is 14.6 Å². The van der Waals surface area contributed by atoms with E-state index in [1.165, 1.54) is 5.39 Å². The number of hydrogen-bond donors (Lipinski definition) is 1. The van der Waals surface area contributed by atoms with Crippen molar-refractivity contribution in [2.24, 2.45) is 0 Å². The number of hydrogen-bond acceptors (Lipinski definition) is 3. The molecular weight excluding hydrogens is 278 g/mol. The van der Waals surface area contributed by atoms with Crippen LogP contribution in [0.5, 0.6) is 11.5 Å². The van der Waals surface area contributed by atoms with Crippen molar-refractivity contribution in [1.82, 2.24) is 4.57 Å². The van der Waals surface area contributed by atoms with Crippen molar-refractivity contribution in [3.63, 3.8) is 0 Å². The first-order valence-electron chi connectivity index (χ1n) is 7.25. The molecule has 0 radical (unpaired) electrons. The molecule has 4 heteroatoms. The lowest BCUT2D eigenvalue weighted by Crippen LogP contribution is -2.23. The molecule has 114 valence electrons. The maximum atomic E-state index is 10.2. The highest BCUT2D eigenvalue weighted by molar-refractivity contribution is 5.79. The molecule has 1 heterocycles. The van der Waals surface area contributed by atoms with E-state index >= 15 is 0 Å². The Labute approximate surface area is 129 Å². The fraction of sp³-hybridized carbons (Fsp3) is 0.222. The van der Waals surface area contributed by atoms with Gasteiger partial charge in [0.2, 0.25) is 0 Å². The lowest BCUT2D eigenvalue weighted by atomic mass is 10.2. The van der Waals surface area contributed by atoms with Gasteiger partial charge in [0.05, 0.1) is 13.7 Å². The molecule has 1 N–H and O–H groups in total. The molecule has 22 heavy (non-hydrogen) atoms. The standard InChI is InChI=1S/C18H19NO3/c1-21-16-6-8-17(9-7-16)22-13-15(20)12-19-11-10-14-4-2-3-5-18(14)19/h2-11,15,20H,12-13H2,1H3. The zero-order valence-corrected chi connectivity index (χ0v) is 12.5. The number of rotatable bonds is 6. The second kappa shape index (κ2) is 6.54. The fourth-order valence-electron chi connectivity index (χ4n) is 2.44. The normalized spacial score (nSPS) is 12.3. The van der Waals surface area contributed by atoms with Crippen LogP contribution in [-0.2, 0) is 6.54 Å². The summed E-state index contributed by atoms with van der Waals surface area (Å²) in [4.78, 5) is 0. The number of methoxy groups -OCH3 is 1. The molecule has 1 aromatic heterocycles. The van der Waals surface area contributed by atoms with Gasteiger partial charge in [0.1, 0.15) is 24.2 Å². The Bertz CT molecular complexity index is 733. The van der Waals surface area contributed by atoms with Gasteiger partial charge in [0.15, 0.2) is 0 Å². The summed E-state index contributed by atoms with van der Waals surface area (Å²) in [7, 11) is 1.63. The summed E-state index contributed by atoms with van der Waals surface area (Å²) >= 11 is 0. The number of para-hydroxylation sites is 1. The highest BCUT2D eigenvalue weighted by atomic mass is 16.5. The summed E-state index contributed by atoms with van der Waals surface area (Å²) in [6.45, 7) is 0.752. The Morgan fingerprint density at radius 1 is 1.00 bits per heavy atom. The minimum absolute atomic E-state index is 0.249. The van der Waals surface area contributed by atoms with Gasteiger partial charge in [-0.2, -0.15) is 0 Å². The summed E-state index contributed by atoms with van der Waals surface area (Å²) in [6.07, 6.45) is 1.42. The molecule has 2 aromatic carbocycles. The summed E-state index contributed by atoms with van der Waals surface area (Å²) in [5.74, 6) is 1.50. The van der Waals surface area contributed by atoms with Gasteiger partial charge in [-0.1, -0.05) is 18.2 Å². The first-order valence-corrected chi connectivity index (χ1v) is 7.25. The van der Waals surface area contributed by atoms with Gasteiger partial charge in [-0.15, -0.1) is 0 Å². The van der Waals surface area contributed by atoms with Gasteiger partial charge in [-0.25, -0.2) is 0 Å². The third-order valence-corrected chi connectivity index (χ3v) is 3.59. The molecule has 3 aromatic rings. The predicted molar refractivity (Wildman–Crippen MR) is 86.4 cm³/mol. The van der Waals surface area contributed by atoms with Crippen LogP contribution in [-0.4, -0.2) is 29.5 Å². The van der Waals surface area contributed by atoms with Gasteiger partial charge in [-0.05, 0) is 41.8 Å². The molecule has 1 atom stereocenters. The number of aromatic nitrogens is 1. The lowest BCUT2D eigenvalue weighted by Gasteiger charge is -2.14. The van der Waals surface area contributed by atoms with Gasteiger partial charge in [0.25, 0.3) is 0 Å². The van der Waals surface area contributed by atoms with Crippen LogP contribution >= 0.6 is 0 Å². The van der Waals surface area contributed by atoms with Gasteiger partial charge >= 0.3 is 0 Å². The second-order valence-electron chi connectivity index (χ2n) is 5.17. The van der Waals surface area contributed by atoms with E-state index in [0.29, 0.717) is 6.54 Å². The second-order valence-corrected chi connectivity index (χ2v) is 5.17. The molecule has 0 aliphatic rings. The third-order valence-electron chi connectivity index (χ3n) is 3.59. The molecule has 3 rings (SSSR count). The van der Waals surface area contributed by atoms with E-state index in [4.69, 9.17) is 9.47 Å². The molecule has 0 bridgehead atoms. The molecule has 0 fully saturated rings. The van der Waals surface area contributed by atoms with Crippen LogP contribution in [0.25, 0.3) is 10.9 Å². The predicted octanol–water partition coefficient (Wildman–Crippen LogP) is 3.09. The maximum absolute atomic E-state index is 10.2. The molecular formula is C18H19NO3. The average molecular weight is 297 g/mol. The third kappa shape index (κ3) is 3.23. The Balaban J connectivity index is 1.59. The van der Waals surface area contributed by atoms with E-state index in [2.05, 4.69) is 6.07 Å². The van der Waals surface area contributed by atoms with E-state index in [-0.39, 0.29) is 6.61 Å². The fourth-order valence-corrected chi connectivity index (χ4v) is 2.44. The van der Waals surface area contributed by atoms with E-state index in [1.807, 2.05) is 59.3 Å². The number of nitrogens with zero attached hydrogens (tertiary/aromatic N) is 1. The largest absolute Gasteiger partial charge is 0.497 e. The molecule has 0 aliphatic heterocycles. The average Bonchev–Trinajstić information content (AvgIpc) is 2.97. The minimum Gasteiger partial charge on any atom is -0.497 e. The number of benzene rings is 2. The van der Waals surface area contributed by atoms with Gasteiger partial charge in [-0.3, -0.25) is 0 Å². The van der Waals surface area contributed by atoms with Crippen molar-refractivity contribution in [2.45, 2.75) is 12.6 Å². The topological polar surface area (TPSA) is 43.6 Å². The monoisotopic (exact) mass is 297 g/mol. The maximum Gasteiger partial charge on any atom is 0.119 e. The van der Waals surface area contributed by atoms with E-state index in [0.717, 1.165) is 17.0 Å². The van der Waals surface area contributed by atoms with E-state index in [9.17, 15) is 5.11 Å². The molecule has 0 amide bonds. The molecule has 4 nitrogen and oxygen atoms in total. The highest BCUT2D eigenvalue weighted by Crippen LogP contribution is 2.18. The minimum atomic E-state index is -0.571. The molecule has 0 aliphatic carbocycles. The van der Waals surface area contributed by atoms with Crippen molar-refractivity contribution in [1.29, 1.82) is 0 Å². The van der Waals surface area contributed by atoms with Crippen molar-refractivity contribution in [3.05, 3.63) is 60.8 Å². The molecule has 0 saturated carbocycles. The first kappa shape index (κ1) is 14.5. The van der Waals surface area contributed by atoms with Crippen LogP contribution < -0.4 is 9.47 Å². The lowest BCUT2D eigenvalue weighted by molar-refractivity contribution is 0.0935. The number of aliphatic hydroxyl groups excluding tert-OH is 1. The van der Waals surface area contributed by atoms with Gasteiger partial charge in [0, 0.05) is 11.7 Å². The van der Waals surface area contributed by atoms with E-state index < -0.39 is 6.10 Å². The van der Waals surface area contributed by atoms with Crippen molar-refractivity contribution in [2.75, 3.05) is 13.7 Å². The van der Waals surface area contributed by atoms with Crippen LogP contribution in [0.15, 0.2) is 60.8 Å². The highest BCUT2D eigenvalue weighted by Gasteiger charge is 2.08. The van der Waals surface area contributed by atoms with Crippen LogP contribution in [0.1, 0.15) is 0 Å². The van der Waals surface area contributed by atoms with Crippen LogP contribution in [0.2, 0.25) is 0 Å². The zero-order chi connectivity index (χ0) is 15.4. The van der Waals surface area contributed by atoms with E-state index in [1.54, 1.807) is 7.11 Å². The van der Waals surface area contributed by atoms with Crippen LogP contribution in [0.4, 0.5) is 0 Å². The molecule has 0 saturated heterocycles.